The lowest BCUT2D eigenvalue weighted by atomic mass is 9.98. The lowest BCUT2D eigenvalue weighted by Gasteiger charge is -2.24. The quantitative estimate of drug-likeness (QED) is 0.0246. The van der Waals surface area contributed by atoms with Crippen LogP contribution in [0.25, 0.3) is 0 Å². The van der Waals surface area contributed by atoms with Gasteiger partial charge in [-0.25, -0.2) is 10.7 Å². The van der Waals surface area contributed by atoms with Gasteiger partial charge in [-0.1, -0.05) is 0 Å². The summed E-state index contributed by atoms with van der Waals surface area (Å²) in [6.07, 6.45) is -2.68. The van der Waals surface area contributed by atoms with Gasteiger partial charge in [-0.3, -0.25) is 38.4 Å². The van der Waals surface area contributed by atoms with Crippen LogP contribution in [0.3, 0.4) is 0 Å². The molecule has 0 heterocycles. The Hall–Kier alpha value is -4.29. The van der Waals surface area contributed by atoms with Gasteiger partial charge in [0, 0.05) is 45.1 Å². The van der Waals surface area contributed by atoms with Crippen molar-refractivity contribution in [2.75, 3.05) is 32.8 Å². The molecule has 18 nitrogen and oxygen atoms in total. The van der Waals surface area contributed by atoms with Crippen LogP contribution in [-0.2, 0) is 52.7 Å². The first kappa shape index (κ1) is 41.7. The van der Waals surface area contributed by atoms with E-state index in [2.05, 4.69) is 26.1 Å². The van der Waals surface area contributed by atoms with Gasteiger partial charge in [-0.2, -0.15) is 0 Å². The van der Waals surface area contributed by atoms with Gasteiger partial charge in [0.05, 0.1) is 32.2 Å². The number of amides is 4. The van der Waals surface area contributed by atoms with Gasteiger partial charge in [0.25, 0.3) is 0 Å². The minimum absolute atomic E-state index is 0.0860. The van der Waals surface area contributed by atoms with E-state index >= 15 is 0 Å². The highest BCUT2D eigenvalue weighted by atomic mass is 16.6. The van der Waals surface area contributed by atoms with Crippen LogP contribution in [0.1, 0.15) is 72.1 Å². The SMILES string of the molecule is CC(C)(C)OC(=O)[C@H](CCC(=O)C[C@@H](CO)C(=O)NCC(=O)CCC(=O)NCC(=O)CCC(=O)NCCON)NC(=O)CC(=O)O. The third-order valence-electron chi connectivity index (χ3n) is 5.86. The van der Waals surface area contributed by atoms with E-state index in [1.54, 1.807) is 20.8 Å². The predicted octanol–water partition coefficient (Wildman–Crippen LogP) is -2.43. The molecule has 18 heteroatoms. The van der Waals surface area contributed by atoms with Gasteiger partial charge in [-0.15, -0.1) is 0 Å². The second-order valence-electron chi connectivity index (χ2n) is 11.2. The molecular weight excluding hydrogens is 614 g/mol. The van der Waals surface area contributed by atoms with Crippen molar-refractivity contribution < 1.29 is 62.9 Å². The molecule has 260 valence electrons. The van der Waals surface area contributed by atoms with E-state index in [4.69, 9.17) is 15.7 Å². The normalized spacial score (nSPS) is 12.2. The standard InChI is InChI=1S/C28H45N5O13/c1-28(2,3)46-27(44)21(33-24(40)13-25(41)42)7-4-18(35)12-17(16-34)26(43)32-15-20(37)6-9-23(39)31-14-19(36)5-8-22(38)30-10-11-45-29/h17,21,34H,4-16,29H2,1-3H3,(H,30,38)(H,31,39)(H,32,43)(H,33,40)(H,41,42)/t17-,21-/m0/s1. The number of carbonyl (C=O) groups excluding carboxylic acids is 8. The smallest absolute Gasteiger partial charge is 0.329 e. The molecule has 0 rings (SSSR count). The second kappa shape index (κ2) is 22.3. The summed E-state index contributed by atoms with van der Waals surface area (Å²) in [5.41, 5.74) is -0.931. The number of carboxylic acid groups (broad SMARTS) is 1. The first-order valence-electron chi connectivity index (χ1n) is 14.5. The number of hydrogen-bond acceptors (Lipinski definition) is 13. The lowest BCUT2D eigenvalue weighted by molar-refractivity contribution is -0.159. The second-order valence-corrected chi connectivity index (χ2v) is 11.2. The molecule has 0 aliphatic carbocycles. The molecule has 0 spiro atoms. The largest absolute Gasteiger partial charge is 0.481 e. The number of carbonyl (C=O) groups is 9. The van der Waals surface area contributed by atoms with Crippen molar-refractivity contribution in [3.63, 3.8) is 0 Å². The van der Waals surface area contributed by atoms with Gasteiger partial charge in [-0.05, 0) is 27.2 Å². The van der Waals surface area contributed by atoms with Crippen LogP contribution in [0.2, 0.25) is 0 Å². The Kier molecular flexibility index (Phi) is 20.2. The Labute approximate surface area is 265 Å². The molecule has 0 saturated carbocycles. The highest BCUT2D eigenvalue weighted by Crippen LogP contribution is 2.13. The van der Waals surface area contributed by atoms with Gasteiger partial charge in [0.1, 0.15) is 23.8 Å². The number of hydrogen-bond donors (Lipinski definition) is 7. The van der Waals surface area contributed by atoms with Crippen molar-refractivity contribution in [1.82, 2.24) is 21.3 Å². The van der Waals surface area contributed by atoms with Crippen molar-refractivity contribution in [3.8, 4) is 0 Å². The summed E-state index contributed by atoms with van der Waals surface area (Å²) < 4.78 is 5.21. The van der Waals surface area contributed by atoms with Gasteiger partial charge in [0.2, 0.25) is 23.6 Å². The molecule has 0 aromatic heterocycles. The van der Waals surface area contributed by atoms with Crippen molar-refractivity contribution >= 4 is 52.9 Å². The monoisotopic (exact) mass is 659 g/mol. The number of nitrogens with two attached hydrogens (primary N) is 1. The summed E-state index contributed by atoms with van der Waals surface area (Å²) in [6.45, 7) is 3.47. The molecule has 0 aromatic rings. The highest BCUT2D eigenvalue weighted by Gasteiger charge is 2.29. The number of aliphatic hydroxyl groups is 1. The number of nitrogens with one attached hydrogen (secondary N) is 4. The van der Waals surface area contributed by atoms with Crippen LogP contribution >= 0.6 is 0 Å². The zero-order valence-corrected chi connectivity index (χ0v) is 26.3. The van der Waals surface area contributed by atoms with E-state index in [9.17, 15) is 48.3 Å². The number of carboxylic acids is 1. The number of rotatable bonds is 24. The number of Topliss-reactive ketones (excluding diaryl/α,β-unsaturated/α-hetero) is 3. The number of ether oxygens (including phenoxy) is 1. The lowest BCUT2D eigenvalue weighted by Crippen LogP contribution is -2.45. The van der Waals surface area contributed by atoms with Crippen LogP contribution < -0.4 is 27.2 Å². The molecule has 0 fully saturated rings. The van der Waals surface area contributed by atoms with Crippen LogP contribution in [0, 0.1) is 5.92 Å². The van der Waals surface area contributed by atoms with Crippen LogP contribution in [-0.4, -0.2) is 108 Å². The maximum absolute atomic E-state index is 12.5. The zero-order valence-electron chi connectivity index (χ0n) is 26.3. The van der Waals surface area contributed by atoms with Gasteiger partial charge >= 0.3 is 11.9 Å². The fourth-order valence-corrected chi connectivity index (χ4v) is 3.56. The maximum Gasteiger partial charge on any atom is 0.329 e. The molecule has 0 aliphatic rings. The topological polar surface area (TPSA) is 287 Å². The summed E-state index contributed by atoms with van der Waals surface area (Å²) in [7, 11) is 0. The minimum atomic E-state index is -1.42. The Balaban J connectivity index is 4.63. The molecule has 0 radical (unpaired) electrons. The van der Waals surface area contributed by atoms with Crippen LogP contribution in [0.15, 0.2) is 0 Å². The molecule has 4 amide bonds. The number of aliphatic carboxylic acids is 1. The molecular formula is C28H45N5O13. The molecule has 0 aliphatic heterocycles. The predicted molar refractivity (Wildman–Crippen MR) is 157 cm³/mol. The van der Waals surface area contributed by atoms with E-state index in [-0.39, 0.29) is 64.1 Å². The van der Waals surface area contributed by atoms with E-state index in [0.717, 1.165) is 0 Å². The molecule has 46 heavy (non-hydrogen) atoms. The van der Waals surface area contributed by atoms with Crippen molar-refractivity contribution in [1.29, 1.82) is 0 Å². The van der Waals surface area contributed by atoms with Crippen molar-refractivity contribution in [2.45, 2.75) is 83.8 Å². The molecule has 0 unspecified atom stereocenters. The summed E-state index contributed by atoms with van der Waals surface area (Å²) in [5, 5.41) is 27.7. The zero-order chi connectivity index (χ0) is 35.3. The summed E-state index contributed by atoms with van der Waals surface area (Å²) in [6, 6.07) is -1.33. The molecule has 0 saturated heterocycles. The van der Waals surface area contributed by atoms with Crippen LogP contribution in [0.5, 0.6) is 0 Å². The number of ketones is 3. The van der Waals surface area contributed by atoms with Crippen LogP contribution in [0.4, 0.5) is 0 Å². The fourth-order valence-electron chi connectivity index (χ4n) is 3.56. The Morgan fingerprint density at radius 3 is 1.85 bits per heavy atom. The Morgan fingerprint density at radius 2 is 1.33 bits per heavy atom. The third kappa shape index (κ3) is 21.4. The molecule has 8 N–H and O–H groups in total. The summed E-state index contributed by atoms with van der Waals surface area (Å²) >= 11 is 0. The third-order valence-corrected chi connectivity index (χ3v) is 5.86. The van der Waals surface area contributed by atoms with E-state index < -0.39 is 90.6 Å². The summed E-state index contributed by atoms with van der Waals surface area (Å²) in [5.74, 6) is -2.96. The number of aliphatic hydroxyl groups excluding tert-OH is 1. The van der Waals surface area contributed by atoms with E-state index in [1.807, 2.05) is 0 Å². The van der Waals surface area contributed by atoms with Gasteiger partial charge < -0.3 is 41.1 Å². The Bertz CT molecular complexity index is 1100. The maximum atomic E-state index is 12.5. The average molecular weight is 660 g/mol. The summed E-state index contributed by atoms with van der Waals surface area (Å²) in [4.78, 5) is 112. The highest BCUT2D eigenvalue weighted by molar-refractivity contribution is 5.96. The number of esters is 1. The molecule has 2 atom stereocenters. The van der Waals surface area contributed by atoms with E-state index in [1.165, 1.54) is 0 Å². The Morgan fingerprint density at radius 1 is 0.761 bits per heavy atom. The minimum Gasteiger partial charge on any atom is -0.481 e. The molecule has 0 bridgehead atoms. The van der Waals surface area contributed by atoms with E-state index in [0.29, 0.717) is 0 Å². The molecule has 0 aromatic carbocycles. The average Bonchev–Trinajstić information content (AvgIpc) is 2.96. The fraction of sp³-hybridized carbons (Fsp3) is 0.679. The van der Waals surface area contributed by atoms with Gasteiger partial charge in [0.15, 0.2) is 11.6 Å². The van der Waals surface area contributed by atoms with Crippen molar-refractivity contribution in [3.05, 3.63) is 0 Å². The first-order chi connectivity index (χ1) is 21.5. The van der Waals surface area contributed by atoms with Crippen molar-refractivity contribution in [2.24, 2.45) is 11.8 Å². The first-order valence-corrected chi connectivity index (χ1v) is 14.5.